The Bertz CT molecular complexity index is 3910. The minimum Gasteiger partial charge on any atom is -0.456 e. The smallest absolute Gasteiger partial charge is 0.160 e. The number of aromatic nitrogens is 1. The van der Waals surface area contributed by atoms with Gasteiger partial charge in [-0.15, -0.1) is 0 Å². The van der Waals surface area contributed by atoms with Gasteiger partial charge in [0.15, 0.2) is 5.84 Å². The summed E-state index contributed by atoms with van der Waals surface area (Å²) in [6.07, 6.45) is 3.79. The minimum absolute atomic E-state index is 0.703. The highest BCUT2D eigenvalue weighted by Gasteiger charge is 2.23. The molecule has 10 aromatic carbocycles. The van der Waals surface area contributed by atoms with E-state index in [2.05, 4.69) is 205 Å². The van der Waals surface area contributed by atoms with Crippen LogP contribution in [-0.4, -0.2) is 16.1 Å². The van der Waals surface area contributed by atoms with Crippen LogP contribution in [0.3, 0.4) is 0 Å². The van der Waals surface area contributed by atoms with Gasteiger partial charge in [0.2, 0.25) is 0 Å². The fourth-order valence-corrected chi connectivity index (χ4v) is 9.99. The van der Waals surface area contributed by atoms with Crippen LogP contribution in [0.1, 0.15) is 29.5 Å². The predicted octanol–water partition coefficient (Wildman–Crippen LogP) is 15.4. The van der Waals surface area contributed by atoms with Crippen LogP contribution in [-0.2, 0) is 0 Å². The Morgan fingerprint density at radius 2 is 1.13 bits per heavy atom. The lowest BCUT2D eigenvalue weighted by atomic mass is 9.92. The fraction of sp³-hybridized carbons (Fsp3) is 0.0345. The van der Waals surface area contributed by atoms with Gasteiger partial charge >= 0.3 is 0 Å². The average molecular weight is 792 g/mol. The number of aliphatic imine (C=N–C) groups is 2. The van der Waals surface area contributed by atoms with Crippen molar-refractivity contribution >= 4 is 104 Å². The van der Waals surface area contributed by atoms with Gasteiger partial charge in [0.25, 0.3) is 0 Å². The van der Waals surface area contributed by atoms with Gasteiger partial charge in [-0.25, -0.2) is 9.98 Å². The monoisotopic (exact) mass is 791 g/mol. The second-order valence-electron chi connectivity index (χ2n) is 16.4. The SMILES string of the molecule is C1=C(c2ccccc2)/N=C(c2cccc3ccccc23)\N=C(\c2c3ccccc3cc3oc4cc(-n5c6cc7ccccc7cc6c6ccc7ccccc7c65)ccc4c23)CC\1. The van der Waals surface area contributed by atoms with Crippen LogP contribution in [0.15, 0.2) is 215 Å². The lowest BCUT2D eigenvalue weighted by molar-refractivity contribution is 0.669. The van der Waals surface area contributed by atoms with Crippen LogP contribution in [0, 0.1) is 0 Å². The first kappa shape index (κ1) is 34.8. The summed E-state index contributed by atoms with van der Waals surface area (Å²) < 4.78 is 9.44. The lowest BCUT2D eigenvalue weighted by Gasteiger charge is -2.16. The minimum atomic E-state index is 0.703. The fourth-order valence-electron chi connectivity index (χ4n) is 9.99. The van der Waals surface area contributed by atoms with E-state index in [0.717, 1.165) is 90.1 Å². The van der Waals surface area contributed by atoms with E-state index in [1.807, 2.05) is 0 Å². The van der Waals surface area contributed by atoms with Crippen molar-refractivity contribution in [3.63, 3.8) is 0 Å². The Morgan fingerprint density at radius 1 is 0.452 bits per heavy atom. The highest BCUT2D eigenvalue weighted by atomic mass is 16.3. The maximum absolute atomic E-state index is 7.00. The van der Waals surface area contributed by atoms with E-state index >= 15 is 0 Å². The zero-order chi connectivity index (χ0) is 40.7. The largest absolute Gasteiger partial charge is 0.456 e. The highest BCUT2D eigenvalue weighted by molar-refractivity contribution is 6.29. The molecule has 4 nitrogen and oxygen atoms in total. The zero-order valence-electron chi connectivity index (χ0n) is 33.7. The van der Waals surface area contributed by atoms with E-state index in [4.69, 9.17) is 14.4 Å². The van der Waals surface area contributed by atoms with Gasteiger partial charge in [-0.2, -0.15) is 0 Å². The number of furan rings is 1. The maximum Gasteiger partial charge on any atom is 0.160 e. The molecular weight excluding hydrogens is 755 g/mol. The Labute approximate surface area is 357 Å². The third kappa shape index (κ3) is 5.40. The van der Waals surface area contributed by atoms with Gasteiger partial charge in [0, 0.05) is 49.8 Å². The molecular formula is C58H37N3O. The molecule has 0 spiro atoms. The number of amidine groups is 1. The summed E-state index contributed by atoms with van der Waals surface area (Å²) in [6.45, 7) is 0. The van der Waals surface area contributed by atoms with Crippen molar-refractivity contribution in [1.82, 2.24) is 4.57 Å². The van der Waals surface area contributed by atoms with Crippen molar-refractivity contribution in [2.45, 2.75) is 12.8 Å². The molecule has 0 atom stereocenters. The summed E-state index contributed by atoms with van der Waals surface area (Å²) in [7, 11) is 0. The van der Waals surface area contributed by atoms with Gasteiger partial charge in [-0.3, -0.25) is 0 Å². The normalized spacial score (nSPS) is 16.2. The summed E-state index contributed by atoms with van der Waals surface area (Å²) >= 11 is 0. The van der Waals surface area contributed by atoms with Crippen molar-refractivity contribution < 1.29 is 4.42 Å². The molecule has 62 heavy (non-hydrogen) atoms. The van der Waals surface area contributed by atoms with Crippen LogP contribution < -0.4 is 0 Å². The molecule has 0 N–H and O–H groups in total. The number of allylic oxidation sites excluding steroid dienone is 1. The lowest BCUT2D eigenvalue weighted by Crippen LogP contribution is -2.10. The first-order valence-corrected chi connectivity index (χ1v) is 21.4. The molecule has 4 heteroatoms. The molecule has 0 unspecified atom stereocenters. The molecule has 1 aliphatic rings. The second kappa shape index (κ2) is 13.7. The molecule has 12 aromatic rings. The summed E-state index contributed by atoms with van der Waals surface area (Å²) in [5.74, 6) is 0.703. The number of hydrogen-bond donors (Lipinski definition) is 0. The molecule has 0 saturated heterocycles. The first-order valence-electron chi connectivity index (χ1n) is 21.4. The Morgan fingerprint density at radius 3 is 1.97 bits per heavy atom. The van der Waals surface area contributed by atoms with Gasteiger partial charge < -0.3 is 8.98 Å². The molecule has 2 aromatic heterocycles. The Balaban J connectivity index is 1.07. The van der Waals surface area contributed by atoms with Crippen molar-refractivity contribution in [3.05, 3.63) is 217 Å². The van der Waals surface area contributed by atoms with E-state index in [9.17, 15) is 0 Å². The average Bonchev–Trinajstić information content (AvgIpc) is 3.85. The van der Waals surface area contributed by atoms with Crippen LogP contribution in [0.25, 0.3) is 98.2 Å². The molecule has 290 valence electrons. The van der Waals surface area contributed by atoms with E-state index in [0.29, 0.717) is 5.84 Å². The molecule has 0 bridgehead atoms. The molecule has 3 heterocycles. The van der Waals surface area contributed by atoms with E-state index in [-0.39, 0.29) is 0 Å². The molecule has 0 amide bonds. The van der Waals surface area contributed by atoms with Crippen LogP contribution in [0.4, 0.5) is 0 Å². The number of benzene rings is 10. The van der Waals surface area contributed by atoms with Gasteiger partial charge in [-0.05, 0) is 86.4 Å². The van der Waals surface area contributed by atoms with E-state index in [1.54, 1.807) is 0 Å². The zero-order valence-corrected chi connectivity index (χ0v) is 33.7. The van der Waals surface area contributed by atoms with E-state index < -0.39 is 0 Å². The molecule has 0 radical (unpaired) electrons. The molecule has 0 aliphatic carbocycles. The number of fused-ring (bicyclic) bond motifs is 11. The van der Waals surface area contributed by atoms with Gasteiger partial charge in [-0.1, -0.05) is 164 Å². The standard InChI is InChI=1S/C58H37N3O/c1-2-16-38(17-3-1)50-26-13-27-51(60-58(59-50)47-25-12-21-36-14-6-9-22-43(36)47)55-44-23-10-8-20-41(44)34-54-56(55)48-31-29-42(35-53(48)62-54)61-52-33-40-19-5-4-18-39(40)32-49(52)46-30-28-37-15-7-11-24-45(37)57(46)61/h1-12,14-26,28-35H,13,27H2/b50-26-,59-58-,60-51+. The topological polar surface area (TPSA) is 42.8 Å². The van der Waals surface area contributed by atoms with Gasteiger partial charge in [0.05, 0.1) is 22.4 Å². The molecule has 0 saturated carbocycles. The summed E-state index contributed by atoms with van der Waals surface area (Å²) in [6, 6.07) is 69.6. The van der Waals surface area contributed by atoms with Crippen LogP contribution >= 0.6 is 0 Å². The maximum atomic E-state index is 7.00. The van der Waals surface area contributed by atoms with Crippen molar-refractivity contribution in [2.24, 2.45) is 9.98 Å². The molecule has 13 rings (SSSR count). The third-order valence-electron chi connectivity index (χ3n) is 12.8. The van der Waals surface area contributed by atoms with E-state index in [1.165, 1.54) is 43.4 Å². The third-order valence-corrected chi connectivity index (χ3v) is 12.8. The molecule has 1 aliphatic heterocycles. The van der Waals surface area contributed by atoms with Gasteiger partial charge in [0.1, 0.15) is 11.2 Å². The summed E-state index contributed by atoms with van der Waals surface area (Å²) in [4.78, 5) is 11.1. The second-order valence-corrected chi connectivity index (χ2v) is 16.4. The highest BCUT2D eigenvalue weighted by Crippen LogP contribution is 2.42. The first-order chi connectivity index (χ1) is 30.7. The predicted molar refractivity (Wildman–Crippen MR) is 261 cm³/mol. The summed E-state index contributed by atoms with van der Waals surface area (Å²) in [5.41, 5.74) is 10.2. The summed E-state index contributed by atoms with van der Waals surface area (Å²) in [5, 5.41) is 14.0. The van der Waals surface area contributed by atoms with Crippen molar-refractivity contribution in [1.29, 1.82) is 0 Å². The Kier molecular flexibility index (Phi) is 7.70. The molecule has 0 fully saturated rings. The van der Waals surface area contributed by atoms with Crippen molar-refractivity contribution in [3.8, 4) is 5.69 Å². The number of rotatable bonds is 4. The van der Waals surface area contributed by atoms with Crippen molar-refractivity contribution in [2.75, 3.05) is 0 Å². The number of nitrogens with zero attached hydrogens (tertiary/aromatic N) is 3. The number of hydrogen-bond acceptors (Lipinski definition) is 3. The Hall–Kier alpha value is -8.08. The van der Waals surface area contributed by atoms with Crippen LogP contribution in [0.5, 0.6) is 0 Å². The quantitative estimate of drug-likeness (QED) is 0.175. The van der Waals surface area contributed by atoms with Crippen LogP contribution in [0.2, 0.25) is 0 Å².